The zero-order chi connectivity index (χ0) is 21.7. The Labute approximate surface area is 174 Å². The van der Waals surface area contributed by atoms with Crippen LogP contribution in [0.1, 0.15) is 11.4 Å². The molecule has 0 aliphatic heterocycles. The predicted octanol–water partition coefficient (Wildman–Crippen LogP) is 2.66. The number of carbonyl (C=O) groups is 1. The van der Waals surface area contributed by atoms with Crippen LogP contribution in [0.5, 0.6) is 5.75 Å². The van der Waals surface area contributed by atoms with E-state index < -0.39 is 4.92 Å². The van der Waals surface area contributed by atoms with Crippen molar-refractivity contribution in [1.29, 1.82) is 0 Å². The van der Waals surface area contributed by atoms with Gasteiger partial charge in [-0.25, -0.2) is 9.07 Å². The maximum absolute atomic E-state index is 12.9. The van der Waals surface area contributed by atoms with Crippen molar-refractivity contribution in [2.45, 2.75) is 18.7 Å². The first-order chi connectivity index (χ1) is 14.3. The van der Waals surface area contributed by atoms with Crippen LogP contribution >= 0.6 is 11.8 Å². The van der Waals surface area contributed by atoms with Gasteiger partial charge in [-0.3, -0.25) is 14.9 Å². The third-order valence-corrected chi connectivity index (χ3v) is 4.88. The molecule has 0 fully saturated rings. The molecule has 3 aromatic rings. The predicted molar refractivity (Wildman–Crippen MR) is 108 cm³/mol. The van der Waals surface area contributed by atoms with Crippen LogP contribution in [0.4, 0.5) is 15.8 Å². The number of anilines is 1. The standard InChI is InChI=1S/C18H17FN6O4S/c1-11-2-5-13(8-15(11)25(27)28)21-17(26)10-30-18-23-22-16(24(18)20)9-29-14-6-3-12(19)4-7-14/h2-8H,9-10,20H2,1H3,(H,21,26). The van der Waals surface area contributed by atoms with Gasteiger partial charge in [-0.05, 0) is 37.3 Å². The minimum absolute atomic E-state index is 0.00885. The fourth-order valence-corrected chi connectivity index (χ4v) is 3.07. The number of nitrogens with two attached hydrogens (primary N) is 1. The van der Waals surface area contributed by atoms with Gasteiger partial charge < -0.3 is 15.9 Å². The number of hydrogen-bond donors (Lipinski definition) is 2. The monoisotopic (exact) mass is 432 g/mol. The summed E-state index contributed by atoms with van der Waals surface area (Å²) in [7, 11) is 0. The van der Waals surface area contributed by atoms with E-state index in [-0.39, 0.29) is 34.9 Å². The van der Waals surface area contributed by atoms with Crippen molar-refractivity contribution in [1.82, 2.24) is 14.9 Å². The summed E-state index contributed by atoms with van der Waals surface area (Å²) in [6, 6.07) is 9.93. The number of ether oxygens (including phenoxy) is 1. The van der Waals surface area contributed by atoms with Crippen LogP contribution in [0.3, 0.4) is 0 Å². The highest BCUT2D eigenvalue weighted by Crippen LogP contribution is 2.23. The molecule has 0 aliphatic rings. The lowest BCUT2D eigenvalue weighted by molar-refractivity contribution is -0.385. The molecule has 1 amide bonds. The number of thioether (sulfide) groups is 1. The summed E-state index contributed by atoms with van der Waals surface area (Å²) in [6.45, 7) is 1.62. The SMILES string of the molecule is Cc1ccc(NC(=O)CSc2nnc(COc3ccc(F)cc3)n2N)cc1[N+](=O)[O-]. The summed E-state index contributed by atoms with van der Waals surface area (Å²) in [5.74, 6) is 5.90. The molecule has 0 bridgehead atoms. The van der Waals surface area contributed by atoms with Crippen molar-refractivity contribution in [2.75, 3.05) is 16.9 Å². The summed E-state index contributed by atoms with van der Waals surface area (Å²) in [4.78, 5) is 22.6. The van der Waals surface area contributed by atoms with Crippen LogP contribution < -0.4 is 15.9 Å². The number of nitro benzene ring substituents is 1. The Bertz CT molecular complexity index is 1070. The summed E-state index contributed by atoms with van der Waals surface area (Å²) in [6.07, 6.45) is 0. The highest BCUT2D eigenvalue weighted by molar-refractivity contribution is 7.99. The molecule has 0 unspecified atom stereocenters. The number of benzene rings is 2. The number of halogens is 1. The first-order valence-electron chi connectivity index (χ1n) is 8.59. The molecular weight excluding hydrogens is 415 g/mol. The van der Waals surface area contributed by atoms with E-state index in [1.54, 1.807) is 19.1 Å². The molecule has 3 rings (SSSR count). The van der Waals surface area contributed by atoms with E-state index in [1.807, 2.05) is 0 Å². The first-order valence-corrected chi connectivity index (χ1v) is 9.57. The number of carbonyl (C=O) groups excluding carboxylic acids is 1. The quantitative estimate of drug-likeness (QED) is 0.240. The lowest BCUT2D eigenvalue weighted by Crippen LogP contribution is -2.18. The summed E-state index contributed by atoms with van der Waals surface area (Å²) >= 11 is 1.05. The zero-order valence-electron chi connectivity index (χ0n) is 15.7. The third kappa shape index (κ3) is 5.23. The molecule has 0 spiro atoms. The molecule has 0 saturated carbocycles. The molecule has 0 radical (unpaired) electrons. The number of aromatic nitrogens is 3. The molecule has 0 saturated heterocycles. The highest BCUT2D eigenvalue weighted by atomic mass is 32.2. The van der Waals surface area contributed by atoms with Crippen molar-refractivity contribution in [2.24, 2.45) is 0 Å². The topological polar surface area (TPSA) is 138 Å². The largest absolute Gasteiger partial charge is 0.486 e. The molecule has 0 aliphatic carbocycles. The molecule has 156 valence electrons. The molecule has 30 heavy (non-hydrogen) atoms. The maximum atomic E-state index is 12.9. The molecule has 12 heteroatoms. The van der Waals surface area contributed by atoms with Crippen LogP contribution in [-0.4, -0.2) is 31.5 Å². The molecule has 1 heterocycles. The van der Waals surface area contributed by atoms with Crippen molar-refractivity contribution < 1.29 is 18.8 Å². The van der Waals surface area contributed by atoms with Crippen LogP contribution in [0, 0.1) is 22.9 Å². The molecular formula is C18H17FN6O4S. The smallest absolute Gasteiger partial charge is 0.274 e. The average Bonchev–Trinajstić information content (AvgIpc) is 3.07. The average molecular weight is 432 g/mol. The Kier molecular flexibility index (Phi) is 6.47. The van der Waals surface area contributed by atoms with Crippen LogP contribution in [0.15, 0.2) is 47.6 Å². The number of amides is 1. The molecule has 0 atom stereocenters. The number of aryl methyl sites for hydroxylation is 1. The van der Waals surface area contributed by atoms with Gasteiger partial charge in [0.2, 0.25) is 11.1 Å². The highest BCUT2D eigenvalue weighted by Gasteiger charge is 2.15. The van der Waals surface area contributed by atoms with Gasteiger partial charge in [0.05, 0.1) is 10.7 Å². The van der Waals surface area contributed by atoms with Gasteiger partial charge in [0.1, 0.15) is 18.2 Å². The van der Waals surface area contributed by atoms with Gasteiger partial charge in [0, 0.05) is 17.3 Å². The molecule has 10 nitrogen and oxygen atoms in total. The van der Waals surface area contributed by atoms with Crippen molar-refractivity contribution in [3.05, 3.63) is 69.8 Å². The Morgan fingerprint density at radius 3 is 2.73 bits per heavy atom. The minimum atomic E-state index is -0.508. The van der Waals surface area contributed by atoms with E-state index in [9.17, 15) is 19.3 Å². The second-order valence-corrected chi connectivity index (χ2v) is 7.05. The van der Waals surface area contributed by atoms with Crippen LogP contribution in [0.2, 0.25) is 0 Å². The van der Waals surface area contributed by atoms with E-state index in [0.717, 1.165) is 11.8 Å². The van der Waals surface area contributed by atoms with E-state index in [4.69, 9.17) is 10.6 Å². The van der Waals surface area contributed by atoms with E-state index in [1.165, 1.54) is 35.0 Å². The Morgan fingerprint density at radius 1 is 1.30 bits per heavy atom. The number of rotatable bonds is 8. The number of nitrogens with zero attached hydrogens (tertiary/aromatic N) is 4. The van der Waals surface area contributed by atoms with Crippen molar-refractivity contribution in [3.8, 4) is 5.75 Å². The summed E-state index contributed by atoms with van der Waals surface area (Å²) in [5, 5.41) is 21.7. The lowest BCUT2D eigenvalue weighted by atomic mass is 10.2. The summed E-state index contributed by atoms with van der Waals surface area (Å²) in [5.41, 5.74) is 0.743. The Balaban J connectivity index is 1.54. The number of nitro groups is 1. The van der Waals surface area contributed by atoms with Gasteiger partial charge in [-0.2, -0.15) is 0 Å². The van der Waals surface area contributed by atoms with E-state index >= 15 is 0 Å². The fraction of sp³-hybridized carbons (Fsp3) is 0.167. The van der Waals surface area contributed by atoms with Gasteiger partial charge >= 0.3 is 0 Å². The van der Waals surface area contributed by atoms with Gasteiger partial charge in [-0.1, -0.05) is 17.8 Å². The third-order valence-electron chi connectivity index (χ3n) is 3.94. The minimum Gasteiger partial charge on any atom is -0.486 e. The Morgan fingerprint density at radius 2 is 2.03 bits per heavy atom. The number of nitrogens with one attached hydrogen (secondary N) is 1. The molecule has 1 aromatic heterocycles. The summed E-state index contributed by atoms with van der Waals surface area (Å²) < 4.78 is 19.6. The van der Waals surface area contributed by atoms with Gasteiger partial charge in [0.25, 0.3) is 5.69 Å². The number of nitrogen functional groups attached to an aromatic ring is 1. The fourth-order valence-electron chi connectivity index (χ4n) is 2.39. The van der Waals surface area contributed by atoms with Crippen LogP contribution in [0.25, 0.3) is 0 Å². The molecule has 2 aromatic carbocycles. The maximum Gasteiger partial charge on any atom is 0.274 e. The van der Waals surface area contributed by atoms with Gasteiger partial charge in [-0.15, -0.1) is 10.2 Å². The second kappa shape index (κ2) is 9.22. The zero-order valence-corrected chi connectivity index (χ0v) is 16.6. The second-order valence-electron chi connectivity index (χ2n) is 6.11. The van der Waals surface area contributed by atoms with Crippen molar-refractivity contribution >= 4 is 29.0 Å². The number of hydrogen-bond acceptors (Lipinski definition) is 8. The van der Waals surface area contributed by atoms with Crippen molar-refractivity contribution in [3.63, 3.8) is 0 Å². The lowest BCUT2D eigenvalue weighted by Gasteiger charge is -2.07. The first kappa shape index (κ1) is 21.0. The molecule has 3 N–H and O–H groups in total. The van der Waals surface area contributed by atoms with E-state index in [2.05, 4.69) is 15.5 Å². The Hall–Kier alpha value is -3.67. The normalized spacial score (nSPS) is 10.6. The van der Waals surface area contributed by atoms with Gasteiger partial charge in [0.15, 0.2) is 5.82 Å². The van der Waals surface area contributed by atoms with Crippen LogP contribution in [-0.2, 0) is 11.4 Å². The van der Waals surface area contributed by atoms with E-state index in [0.29, 0.717) is 22.8 Å².